The van der Waals surface area contributed by atoms with Gasteiger partial charge in [0.25, 0.3) is 0 Å². The number of nitrogens with one attached hydrogen (secondary N) is 2. The van der Waals surface area contributed by atoms with Gasteiger partial charge in [0.1, 0.15) is 0 Å². The van der Waals surface area contributed by atoms with Gasteiger partial charge in [0.2, 0.25) is 0 Å². The zero-order chi connectivity index (χ0) is 11.0. The molecule has 0 radical (unpaired) electrons. The van der Waals surface area contributed by atoms with E-state index in [1.54, 1.807) is 0 Å². The Morgan fingerprint density at radius 2 is 1.81 bits per heavy atom. The Morgan fingerprint density at radius 1 is 1.12 bits per heavy atom. The van der Waals surface area contributed by atoms with E-state index in [1.165, 1.54) is 51.9 Å². The van der Waals surface area contributed by atoms with Crippen LogP contribution in [0.3, 0.4) is 0 Å². The van der Waals surface area contributed by atoms with Crippen molar-refractivity contribution in [3.63, 3.8) is 0 Å². The van der Waals surface area contributed by atoms with Crippen LogP contribution in [0.25, 0.3) is 0 Å². The molecule has 0 bridgehead atoms. The Hall–Kier alpha value is -0.0800. The molecule has 0 amide bonds. The van der Waals surface area contributed by atoms with E-state index in [2.05, 4.69) is 17.6 Å². The van der Waals surface area contributed by atoms with Crippen LogP contribution in [0.4, 0.5) is 0 Å². The predicted octanol–water partition coefficient (Wildman–Crippen LogP) is 1.87. The van der Waals surface area contributed by atoms with E-state index in [4.69, 9.17) is 0 Å². The molecule has 0 aromatic heterocycles. The van der Waals surface area contributed by atoms with E-state index < -0.39 is 0 Å². The lowest BCUT2D eigenvalue weighted by Crippen LogP contribution is -2.32. The highest BCUT2D eigenvalue weighted by molar-refractivity contribution is 4.92. The number of rotatable bonds is 6. The van der Waals surface area contributed by atoms with E-state index in [0.717, 1.165) is 29.6 Å². The molecule has 92 valence electrons. The number of hydrogen-bond donors (Lipinski definition) is 2. The molecule has 2 aliphatic carbocycles. The van der Waals surface area contributed by atoms with Gasteiger partial charge in [-0.05, 0) is 81.5 Å². The molecular weight excluding hydrogens is 196 g/mol. The van der Waals surface area contributed by atoms with Crippen LogP contribution in [0.5, 0.6) is 0 Å². The van der Waals surface area contributed by atoms with Gasteiger partial charge in [-0.3, -0.25) is 0 Å². The van der Waals surface area contributed by atoms with Crippen molar-refractivity contribution in [3.05, 3.63) is 0 Å². The second-order valence-electron chi connectivity index (χ2n) is 6.39. The second kappa shape index (κ2) is 4.66. The van der Waals surface area contributed by atoms with Crippen LogP contribution in [-0.2, 0) is 0 Å². The summed E-state index contributed by atoms with van der Waals surface area (Å²) in [6, 6.07) is 0. The lowest BCUT2D eigenvalue weighted by molar-refractivity contribution is 0.348. The SMILES string of the molecule is CC1CNCC1CNCC(C1CC1)C1CC1. The summed E-state index contributed by atoms with van der Waals surface area (Å²) >= 11 is 0. The first-order valence-corrected chi connectivity index (χ1v) is 7.26. The first kappa shape index (κ1) is 11.0. The fraction of sp³-hybridized carbons (Fsp3) is 1.00. The van der Waals surface area contributed by atoms with Crippen molar-refractivity contribution < 1.29 is 0 Å². The molecule has 2 unspecified atom stereocenters. The monoisotopic (exact) mass is 222 g/mol. The third-order valence-electron chi connectivity index (χ3n) is 4.92. The van der Waals surface area contributed by atoms with Crippen LogP contribution >= 0.6 is 0 Å². The first-order valence-electron chi connectivity index (χ1n) is 7.26. The summed E-state index contributed by atoms with van der Waals surface area (Å²) in [5.74, 6) is 4.97. The third kappa shape index (κ3) is 2.60. The highest BCUT2D eigenvalue weighted by Crippen LogP contribution is 2.48. The molecule has 2 heteroatoms. The molecule has 0 aromatic rings. The van der Waals surface area contributed by atoms with Gasteiger partial charge in [-0.15, -0.1) is 0 Å². The van der Waals surface area contributed by atoms with Gasteiger partial charge in [-0.2, -0.15) is 0 Å². The van der Waals surface area contributed by atoms with Crippen molar-refractivity contribution in [2.75, 3.05) is 26.2 Å². The quantitative estimate of drug-likeness (QED) is 0.717. The molecule has 1 heterocycles. The zero-order valence-electron chi connectivity index (χ0n) is 10.5. The predicted molar refractivity (Wildman–Crippen MR) is 67.3 cm³/mol. The molecule has 2 N–H and O–H groups in total. The molecule has 1 aliphatic heterocycles. The second-order valence-corrected chi connectivity index (χ2v) is 6.39. The van der Waals surface area contributed by atoms with E-state index >= 15 is 0 Å². The Bertz CT molecular complexity index is 221. The van der Waals surface area contributed by atoms with Crippen LogP contribution < -0.4 is 10.6 Å². The Balaban J connectivity index is 1.38. The first-order chi connectivity index (χ1) is 7.84. The molecule has 3 rings (SSSR count). The lowest BCUT2D eigenvalue weighted by Gasteiger charge is -2.19. The molecule has 0 aromatic carbocycles. The fourth-order valence-corrected chi connectivity index (χ4v) is 3.34. The van der Waals surface area contributed by atoms with Crippen LogP contribution in [0.1, 0.15) is 32.6 Å². The summed E-state index contributed by atoms with van der Waals surface area (Å²) in [6.07, 6.45) is 6.07. The average Bonchev–Trinajstić information content (AvgIpc) is 3.15. The lowest BCUT2D eigenvalue weighted by atomic mass is 9.96. The maximum absolute atomic E-state index is 3.76. The zero-order valence-corrected chi connectivity index (χ0v) is 10.5. The van der Waals surface area contributed by atoms with Gasteiger partial charge in [0.05, 0.1) is 0 Å². The van der Waals surface area contributed by atoms with Crippen molar-refractivity contribution in [1.82, 2.24) is 10.6 Å². The maximum atomic E-state index is 3.76. The van der Waals surface area contributed by atoms with Crippen molar-refractivity contribution in [3.8, 4) is 0 Å². The van der Waals surface area contributed by atoms with Crippen LogP contribution in [0.15, 0.2) is 0 Å². The molecule has 2 atom stereocenters. The molecule has 2 saturated carbocycles. The molecule has 0 spiro atoms. The van der Waals surface area contributed by atoms with Crippen LogP contribution in [-0.4, -0.2) is 26.2 Å². The minimum absolute atomic E-state index is 0.868. The van der Waals surface area contributed by atoms with E-state index in [0.29, 0.717) is 0 Å². The third-order valence-corrected chi connectivity index (χ3v) is 4.92. The summed E-state index contributed by atoms with van der Waals surface area (Å²) in [4.78, 5) is 0. The van der Waals surface area contributed by atoms with E-state index in [1.807, 2.05) is 0 Å². The van der Waals surface area contributed by atoms with Gasteiger partial charge in [0, 0.05) is 0 Å². The summed E-state index contributed by atoms with van der Waals surface area (Å²) < 4.78 is 0. The standard InChI is InChI=1S/C14H26N2/c1-10-6-15-7-13(10)8-16-9-14(11-2-3-11)12-4-5-12/h10-16H,2-9H2,1H3. The molecule has 16 heavy (non-hydrogen) atoms. The van der Waals surface area contributed by atoms with Crippen molar-refractivity contribution in [2.24, 2.45) is 29.6 Å². The van der Waals surface area contributed by atoms with Crippen LogP contribution in [0.2, 0.25) is 0 Å². The summed E-state index contributed by atoms with van der Waals surface area (Å²) in [5.41, 5.74) is 0. The Labute approximate surface area is 99.6 Å². The highest BCUT2D eigenvalue weighted by atomic mass is 15.0. The Morgan fingerprint density at radius 3 is 2.31 bits per heavy atom. The van der Waals surface area contributed by atoms with E-state index in [9.17, 15) is 0 Å². The molecular formula is C14H26N2. The topological polar surface area (TPSA) is 24.1 Å². The van der Waals surface area contributed by atoms with Gasteiger partial charge in [-0.1, -0.05) is 6.92 Å². The van der Waals surface area contributed by atoms with Gasteiger partial charge < -0.3 is 10.6 Å². The molecule has 2 nitrogen and oxygen atoms in total. The van der Waals surface area contributed by atoms with Gasteiger partial charge >= 0.3 is 0 Å². The summed E-state index contributed by atoms with van der Waals surface area (Å²) in [6.45, 7) is 7.38. The fourth-order valence-electron chi connectivity index (χ4n) is 3.34. The normalized spacial score (nSPS) is 34.9. The maximum Gasteiger partial charge on any atom is -0.000522 e. The van der Waals surface area contributed by atoms with Crippen molar-refractivity contribution in [1.29, 1.82) is 0 Å². The largest absolute Gasteiger partial charge is 0.316 e. The molecule has 3 aliphatic rings. The van der Waals surface area contributed by atoms with Crippen molar-refractivity contribution >= 4 is 0 Å². The summed E-state index contributed by atoms with van der Waals surface area (Å²) in [7, 11) is 0. The van der Waals surface area contributed by atoms with Crippen molar-refractivity contribution in [2.45, 2.75) is 32.6 Å². The van der Waals surface area contributed by atoms with Gasteiger partial charge in [-0.25, -0.2) is 0 Å². The summed E-state index contributed by atoms with van der Waals surface area (Å²) in [5, 5.41) is 7.25. The minimum Gasteiger partial charge on any atom is -0.316 e. The van der Waals surface area contributed by atoms with Crippen LogP contribution in [0, 0.1) is 29.6 Å². The van der Waals surface area contributed by atoms with Gasteiger partial charge in [0.15, 0.2) is 0 Å². The highest BCUT2D eigenvalue weighted by Gasteiger charge is 2.40. The number of hydrogen-bond acceptors (Lipinski definition) is 2. The average molecular weight is 222 g/mol. The Kier molecular flexibility index (Phi) is 3.21. The minimum atomic E-state index is 0.868. The smallest absolute Gasteiger partial charge is 0.000522 e. The van der Waals surface area contributed by atoms with E-state index in [-0.39, 0.29) is 0 Å². The molecule has 3 fully saturated rings. The molecule has 1 saturated heterocycles.